The highest BCUT2D eigenvalue weighted by molar-refractivity contribution is 5.95. The molecule has 0 spiro atoms. The van der Waals surface area contributed by atoms with Crippen LogP contribution in [0.4, 0.5) is 13.2 Å². The largest absolute Gasteiger partial charge is 0.481 e. The second kappa shape index (κ2) is 11.9. The molecule has 2 aromatic rings. The molecule has 0 radical (unpaired) electrons. The van der Waals surface area contributed by atoms with Gasteiger partial charge in [0.1, 0.15) is 0 Å². The molecule has 3 heterocycles. The van der Waals surface area contributed by atoms with Gasteiger partial charge >= 0.3 is 12.1 Å². The van der Waals surface area contributed by atoms with Gasteiger partial charge in [0.15, 0.2) is 5.69 Å². The summed E-state index contributed by atoms with van der Waals surface area (Å²) in [5, 5.41) is 15.1. The Bertz CT molecular complexity index is 1350. The van der Waals surface area contributed by atoms with Crippen LogP contribution in [-0.2, 0) is 15.8 Å². The van der Waals surface area contributed by atoms with Crippen LogP contribution in [0.1, 0.15) is 54.8 Å². The Morgan fingerprint density at radius 2 is 1.63 bits per heavy atom. The quantitative estimate of drug-likeness (QED) is 0.463. The SMILES string of the molecule is O=C(NC1=CC=C(C2CCNCC2)N(C(=O)C2CCC(C(=O)O)CC2)C1)c1nc(-c2ccccc2)oc1C(F)(F)F. The van der Waals surface area contributed by atoms with Gasteiger partial charge in [0, 0.05) is 28.8 Å². The third kappa shape index (κ3) is 6.37. The second-order valence-electron chi connectivity index (χ2n) is 10.6. The number of piperidine rings is 1. The Morgan fingerprint density at radius 1 is 0.976 bits per heavy atom. The third-order valence-electron chi connectivity index (χ3n) is 7.94. The average molecular weight is 573 g/mol. The van der Waals surface area contributed by atoms with E-state index in [2.05, 4.69) is 15.6 Å². The first-order chi connectivity index (χ1) is 19.6. The lowest BCUT2D eigenvalue weighted by atomic mass is 9.81. The number of benzene rings is 1. The van der Waals surface area contributed by atoms with Crippen molar-refractivity contribution in [1.29, 1.82) is 0 Å². The third-order valence-corrected chi connectivity index (χ3v) is 7.94. The summed E-state index contributed by atoms with van der Waals surface area (Å²) in [7, 11) is 0. The van der Waals surface area contributed by atoms with Crippen molar-refractivity contribution in [2.24, 2.45) is 17.8 Å². The normalized spacial score (nSPS) is 22.1. The molecule has 2 fully saturated rings. The number of carbonyl (C=O) groups is 3. The maximum absolute atomic E-state index is 13.8. The number of aliphatic carboxylic acids is 1. The van der Waals surface area contributed by atoms with Crippen molar-refractivity contribution >= 4 is 17.8 Å². The molecule has 2 amide bonds. The molecule has 9 nitrogen and oxygen atoms in total. The van der Waals surface area contributed by atoms with Crippen LogP contribution in [-0.4, -0.2) is 52.4 Å². The number of oxazole rings is 1. The number of nitrogens with one attached hydrogen (secondary N) is 2. The number of aromatic nitrogens is 1. The molecule has 1 aromatic carbocycles. The predicted molar refractivity (Wildman–Crippen MR) is 141 cm³/mol. The van der Waals surface area contributed by atoms with Crippen LogP contribution in [0, 0.1) is 17.8 Å². The van der Waals surface area contributed by atoms with Crippen molar-refractivity contribution in [1.82, 2.24) is 20.5 Å². The smallest absolute Gasteiger partial charge is 0.452 e. The fraction of sp³-hybridized carbons (Fsp3) is 0.448. The number of amides is 2. The Hall–Kier alpha value is -3.93. The van der Waals surface area contributed by atoms with Gasteiger partial charge in [-0.1, -0.05) is 18.2 Å². The lowest BCUT2D eigenvalue weighted by Crippen LogP contribution is -2.45. The molecule has 1 aromatic heterocycles. The van der Waals surface area contributed by atoms with E-state index in [1.807, 2.05) is 0 Å². The zero-order chi connectivity index (χ0) is 29.1. The standard InChI is InChI=1S/C29H31F3N4O5/c30-29(31,32)24-23(35-26(41-24)18-4-2-1-3-5-18)25(37)34-21-10-11-22(17-12-14-33-15-13-17)36(16-21)27(38)19-6-8-20(9-7-19)28(39)40/h1-5,10-11,17,19-20,33H,6-9,12-16H2,(H,34,37)(H,39,40). The highest BCUT2D eigenvalue weighted by atomic mass is 19.4. The van der Waals surface area contributed by atoms with Gasteiger partial charge in [0.2, 0.25) is 17.6 Å². The minimum atomic E-state index is -4.95. The van der Waals surface area contributed by atoms with Crippen molar-refractivity contribution in [3.63, 3.8) is 0 Å². The van der Waals surface area contributed by atoms with E-state index in [-0.39, 0.29) is 41.4 Å². The van der Waals surface area contributed by atoms with E-state index in [1.54, 1.807) is 35.3 Å². The van der Waals surface area contributed by atoms with Crippen LogP contribution in [0.2, 0.25) is 0 Å². The zero-order valence-corrected chi connectivity index (χ0v) is 22.2. The molecule has 0 atom stereocenters. The van der Waals surface area contributed by atoms with E-state index in [0.29, 0.717) is 25.7 Å². The molecule has 3 N–H and O–H groups in total. The van der Waals surface area contributed by atoms with Crippen LogP contribution in [0.25, 0.3) is 11.5 Å². The molecular weight excluding hydrogens is 541 g/mol. The lowest BCUT2D eigenvalue weighted by Gasteiger charge is -2.38. The van der Waals surface area contributed by atoms with E-state index in [9.17, 15) is 32.7 Å². The van der Waals surface area contributed by atoms with E-state index < -0.39 is 35.4 Å². The maximum atomic E-state index is 13.8. The Balaban J connectivity index is 1.38. The molecule has 1 saturated carbocycles. The van der Waals surface area contributed by atoms with Crippen LogP contribution >= 0.6 is 0 Å². The first-order valence-electron chi connectivity index (χ1n) is 13.7. The number of carboxylic acids is 1. The van der Waals surface area contributed by atoms with Crippen molar-refractivity contribution < 1.29 is 37.1 Å². The number of hydrogen-bond donors (Lipinski definition) is 3. The number of hydrogen-bond acceptors (Lipinski definition) is 6. The van der Waals surface area contributed by atoms with E-state index in [4.69, 9.17) is 4.42 Å². The zero-order valence-electron chi connectivity index (χ0n) is 22.2. The lowest BCUT2D eigenvalue weighted by molar-refractivity contribution is -0.153. The number of rotatable bonds is 6. The van der Waals surface area contributed by atoms with Crippen LogP contribution in [0.15, 0.2) is 58.3 Å². The summed E-state index contributed by atoms with van der Waals surface area (Å²) in [5.41, 5.74) is 0.449. The summed E-state index contributed by atoms with van der Waals surface area (Å²) in [5.74, 6) is -4.69. The Kier molecular flexibility index (Phi) is 8.30. The van der Waals surface area contributed by atoms with Gasteiger partial charge in [-0.05, 0) is 75.9 Å². The minimum Gasteiger partial charge on any atom is -0.481 e. The Labute approximate surface area is 234 Å². The number of alkyl halides is 3. The fourth-order valence-corrected chi connectivity index (χ4v) is 5.73. The molecule has 1 aliphatic carbocycles. The second-order valence-corrected chi connectivity index (χ2v) is 10.6. The molecule has 2 aliphatic heterocycles. The highest BCUT2D eigenvalue weighted by Gasteiger charge is 2.42. The molecule has 218 valence electrons. The highest BCUT2D eigenvalue weighted by Crippen LogP contribution is 2.37. The molecule has 12 heteroatoms. The van der Waals surface area contributed by atoms with Gasteiger partial charge in [-0.3, -0.25) is 14.4 Å². The average Bonchev–Trinajstić information content (AvgIpc) is 3.45. The van der Waals surface area contributed by atoms with Gasteiger partial charge in [-0.15, -0.1) is 0 Å². The van der Waals surface area contributed by atoms with Crippen LogP contribution < -0.4 is 10.6 Å². The van der Waals surface area contributed by atoms with E-state index >= 15 is 0 Å². The molecule has 0 unspecified atom stereocenters. The predicted octanol–water partition coefficient (Wildman–Crippen LogP) is 4.59. The summed E-state index contributed by atoms with van der Waals surface area (Å²) in [6.45, 7) is 1.55. The van der Waals surface area contributed by atoms with Gasteiger partial charge in [-0.25, -0.2) is 4.98 Å². The van der Waals surface area contributed by atoms with Gasteiger partial charge in [0.25, 0.3) is 5.91 Å². The van der Waals surface area contributed by atoms with Gasteiger partial charge in [0.05, 0.1) is 12.5 Å². The van der Waals surface area contributed by atoms with Gasteiger partial charge in [-0.2, -0.15) is 13.2 Å². The Morgan fingerprint density at radius 3 is 2.27 bits per heavy atom. The summed E-state index contributed by atoms with van der Waals surface area (Å²) in [6.07, 6.45) is 1.72. The molecular formula is C29H31F3N4O5. The number of carbonyl (C=O) groups excluding carboxylic acids is 2. The number of halogens is 3. The minimum absolute atomic E-state index is 0.0239. The van der Waals surface area contributed by atoms with Gasteiger partial charge < -0.3 is 25.1 Å². The van der Waals surface area contributed by atoms with Crippen LogP contribution in [0.3, 0.4) is 0 Å². The summed E-state index contributed by atoms with van der Waals surface area (Å²) >= 11 is 0. The first-order valence-corrected chi connectivity index (χ1v) is 13.7. The van der Waals surface area contributed by atoms with E-state index in [1.165, 1.54) is 12.1 Å². The molecule has 3 aliphatic rings. The van der Waals surface area contributed by atoms with E-state index in [0.717, 1.165) is 31.6 Å². The number of nitrogens with zero attached hydrogens (tertiary/aromatic N) is 2. The number of allylic oxidation sites excluding steroid dienone is 3. The molecule has 41 heavy (non-hydrogen) atoms. The molecule has 1 saturated heterocycles. The van der Waals surface area contributed by atoms with Crippen molar-refractivity contribution in [2.75, 3.05) is 19.6 Å². The maximum Gasteiger partial charge on any atom is 0.452 e. The van der Waals surface area contributed by atoms with Crippen molar-refractivity contribution in [2.45, 2.75) is 44.7 Å². The topological polar surface area (TPSA) is 125 Å². The van der Waals surface area contributed by atoms with Crippen molar-refractivity contribution in [3.05, 3.63) is 65.3 Å². The van der Waals surface area contributed by atoms with Crippen LogP contribution in [0.5, 0.6) is 0 Å². The molecule has 5 rings (SSSR count). The van der Waals surface area contributed by atoms with Crippen molar-refractivity contribution in [3.8, 4) is 11.5 Å². The summed E-state index contributed by atoms with van der Waals surface area (Å²) < 4.78 is 46.4. The monoisotopic (exact) mass is 572 g/mol. The first kappa shape index (κ1) is 28.6. The summed E-state index contributed by atoms with van der Waals surface area (Å²) in [6, 6.07) is 7.98. The number of carboxylic acid groups (broad SMARTS) is 1. The molecule has 0 bridgehead atoms. The fourth-order valence-electron chi connectivity index (χ4n) is 5.73. The summed E-state index contributed by atoms with van der Waals surface area (Å²) in [4.78, 5) is 43.7.